The predicted molar refractivity (Wildman–Crippen MR) is 62.2 cm³/mol. The van der Waals surface area contributed by atoms with E-state index < -0.39 is 0 Å². The Morgan fingerprint density at radius 1 is 1.31 bits per heavy atom. The average Bonchev–Trinajstić information content (AvgIpc) is 2.59. The molecule has 0 spiro atoms. The molecule has 92 valence electrons. The van der Waals surface area contributed by atoms with Crippen molar-refractivity contribution in [2.75, 3.05) is 19.7 Å². The van der Waals surface area contributed by atoms with Crippen molar-refractivity contribution in [2.45, 2.75) is 50.7 Å². The second kappa shape index (κ2) is 4.34. The number of hydrogen-bond acceptors (Lipinski definition) is 3. The van der Waals surface area contributed by atoms with Crippen LogP contribution < -0.4 is 10.6 Å². The maximum absolute atomic E-state index is 11.7. The van der Waals surface area contributed by atoms with E-state index in [9.17, 15) is 4.79 Å². The van der Waals surface area contributed by atoms with Crippen LogP contribution in [0.15, 0.2) is 0 Å². The minimum atomic E-state index is -0.131. The molecule has 0 aromatic carbocycles. The first kappa shape index (κ1) is 11.9. The molecular formula is C12H22N2O2. The summed E-state index contributed by atoms with van der Waals surface area (Å²) in [6, 6.07) is 0. The largest absolute Gasteiger partial charge is 0.363 e. The monoisotopic (exact) mass is 226 g/mol. The number of amides is 1. The quantitative estimate of drug-likeness (QED) is 0.746. The SMILES string of the molecule is CC1(NC(=O)COC2(C)CNC2)CCCC1. The molecule has 1 saturated heterocycles. The Kier molecular flexibility index (Phi) is 3.22. The van der Waals surface area contributed by atoms with E-state index in [4.69, 9.17) is 4.74 Å². The summed E-state index contributed by atoms with van der Waals surface area (Å²) in [4.78, 5) is 11.7. The maximum Gasteiger partial charge on any atom is 0.246 e. The summed E-state index contributed by atoms with van der Waals surface area (Å²) in [6.45, 7) is 6.04. The molecule has 4 heteroatoms. The third-order valence-electron chi connectivity index (χ3n) is 3.70. The van der Waals surface area contributed by atoms with E-state index in [2.05, 4.69) is 17.6 Å². The van der Waals surface area contributed by atoms with Gasteiger partial charge in [0, 0.05) is 18.6 Å². The zero-order valence-corrected chi connectivity index (χ0v) is 10.3. The van der Waals surface area contributed by atoms with Gasteiger partial charge in [0.15, 0.2) is 0 Å². The Hall–Kier alpha value is -0.610. The van der Waals surface area contributed by atoms with Crippen LogP contribution in [0.2, 0.25) is 0 Å². The molecule has 2 aliphatic rings. The lowest BCUT2D eigenvalue weighted by molar-refractivity contribution is -0.137. The highest BCUT2D eigenvalue weighted by Gasteiger charge is 2.34. The van der Waals surface area contributed by atoms with Gasteiger partial charge < -0.3 is 15.4 Å². The third kappa shape index (κ3) is 2.74. The topological polar surface area (TPSA) is 50.4 Å². The van der Waals surface area contributed by atoms with Crippen LogP contribution in [-0.2, 0) is 9.53 Å². The summed E-state index contributed by atoms with van der Waals surface area (Å²) in [6.07, 6.45) is 4.63. The van der Waals surface area contributed by atoms with E-state index >= 15 is 0 Å². The van der Waals surface area contributed by atoms with E-state index in [1.807, 2.05) is 6.92 Å². The number of ether oxygens (including phenoxy) is 1. The van der Waals surface area contributed by atoms with Crippen molar-refractivity contribution in [1.82, 2.24) is 10.6 Å². The van der Waals surface area contributed by atoms with Crippen molar-refractivity contribution in [3.63, 3.8) is 0 Å². The lowest BCUT2D eigenvalue weighted by atomic mass is 10.00. The maximum atomic E-state index is 11.7. The van der Waals surface area contributed by atoms with Gasteiger partial charge in [0.1, 0.15) is 6.61 Å². The van der Waals surface area contributed by atoms with Crippen molar-refractivity contribution < 1.29 is 9.53 Å². The number of nitrogens with one attached hydrogen (secondary N) is 2. The van der Waals surface area contributed by atoms with Crippen molar-refractivity contribution in [3.8, 4) is 0 Å². The standard InChI is InChI=1S/C12H22N2O2/c1-11(5-3-4-6-11)14-10(15)7-16-12(2)8-13-9-12/h13H,3-9H2,1-2H3,(H,14,15). The van der Waals surface area contributed by atoms with Gasteiger partial charge in [0.2, 0.25) is 5.91 Å². The fourth-order valence-corrected chi connectivity index (χ4v) is 2.47. The fraction of sp³-hybridized carbons (Fsp3) is 0.917. The smallest absolute Gasteiger partial charge is 0.246 e. The molecule has 0 radical (unpaired) electrons. The third-order valence-corrected chi connectivity index (χ3v) is 3.70. The Morgan fingerprint density at radius 3 is 2.44 bits per heavy atom. The van der Waals surface area contributed by atoms with Crippen molar-refractivity contribution in [1.29, 1.82) is 0 Å². The molecule has 0 unspecified atom stereocenters. The van der Waals surface area contributed by atoms with E-state index in [0.29, 0.717) is 0 Å². The van der Waals surface area contributed by atoms with Crippen LogP contribution in [0.3, 0.4) is 0 Å². The fourth-order valence-electron chi connectivity index (χ4n) is 2.47. The summed E-state index contributed by atoms with van der Waals surface area (Å²) in [5, 5.41) is 6.24. The van der Waals surface area contributed by atoms with Gasteiger partial charge in [-0.1, -0.05) is 12.8 Å². The van der Waals surface area contributed by atoms with Crippen LogP contribution in [0.1, 0.15) is 39.5 Å². The highest BCUT2D eigenvalue weighted by atomic mass is 16.5. The predicted octanol–water partition coefficient (Wildman–Crippen LogP) is 0.814. The van der Waals surface area contributed by atoms with E-state index in [1.54, 1.807) is 0 Å². The zero-order chi connectivity index (χ0) is 11.6. The molecule has 4 nitrogen and oxygen atoms in total. The average molecular weight is 226 g/mol. The van der Waals surface area contributed by atoms with Crippen LogP contribution >= 0.6 is 0 Å². The summed E-state index contributed by atoms with van der Waals surface area (Å²) in [5.41, 5.74) is -0.118. The van der Waals surface area contributed by atoms with Crippen LogP contribution in [-0.4, -0.2) is 36.7 Å². The molecular weight excluding hydrogens is 204 g/mol. The Bertz CT molecular complexity index is 268. The molecule has 0 aromatic rings. The highest BCUT2D eigenvalue weighted by molar-refractivity contribution is 5.78. The molecule has 0 atom stereocenters. The van der Waals surface area contributed by atoms with Gasteiger partial charge >= 0.3 is 0 Å². The molecule has 0 bridgehead atoms. The lowest BCUT2D eigenvalue weighted by Crippen LogP contribution is -2.60. The van der Waals surface area contributed by atoms with E-state index in [1.165, 1.54) is 12.8 Å². The molecule has 1 aliphatic heterocycles. The Balaban J connectivity index is 1.71. The van der Waals surface area contributed by atoms with Gasteiger partial charge in [-0.25, -0.2) is 0 Å². The number of rotatable bonds is 4. The first-order valence-electron chi connectivity index (χ1n) is 6.17. The van der Waals surface area contributed by atoms with Gasteiger partial charge in [0.25, 0.3) is 0 Å². The van der Waals surface area contributed by atoms with E-state index in [0.717, 1.165) is 25.9 Å². The number of carbonyl (C=O) groups is 1. The molecule has 1 heterocycles. The van der Waals surface area contributed by atoms with Crippen molar-refractivity contribution >= 4 is 5.91 Å². The van der Waals surface area contributed by atoms with Gasteiger partial charge in [-0.05, 0) is 26.7 Å². The van der Waals surface area contributed by atoms with Crippen molar-refractivity contribution in [2.24, 2.45) is 0 Å². The van der Waals surface area contributed by atoms with Crippen LogP contribution in [0, 0.1) is 0 Å². The molecule has 1 saturated carbocycles. The first-order chi connectivity index (χ1) is 7.52. The molecule has 2 fully saturated rings. The molecule has 2 N–H and O–H groups in total. The summed E-state index contributed by atoms with van der Waals surface area (Å²) < 4.78 is 5.61. The number of carbonyl (C=O) groups excluding carboxylic acids is 1. The molecule has 1 aliphatic carbocycles. The Labute approximate surface area is 97.1 Å². The van der Waals surface area contributed by atoms with Crippen molar-refractivity contribution in [3.05, 3.63) is 0 Å². The second-order valence-corrected chi connectivity index (χ2v) is 5.66. The summed E-state index contributed by atoms with van der Waals surface area (Å²) >= 11 is 0. The highest BCUT2D eigenvalue weighted by Crippen LogP contribution is 2.28. The molecule has 1 amide bonds. The lowest BCUT2D eigenvalue weighted by Gasteiger charge is -2.39. The molecule has 16 heavy (non-hydrogen) atoms. The normalized spacial score (nSPS) is 26.1. The van der Waals surface area contributed by atoms with Crippen LogP contribution in [0.4, 0.5) is 0 Å². The zero-order valence-electron chi connectivity index (χ0n) is 10.3. The Morgan fingerprint density at radius 2 is 1.94 bits per heavy atom. The van der Waals surface area contributed by atoms with E-state index in [-0.39, 0.29) is 23.7 Å². The minimum Gasteiger partial charge on any atom is -0.363 e. The second-order valence-electron chi connectivity index (χ2n) is 5.66. The molecule has 2 rings (SSSR count). The van der Waals surface area contributed by atoms with Gasteiger partial charge in [-0.15, -0.1) is 0 Å². The van der Waals surface area contributed by atoms with Crippen LogP contribution in [0.5, 0.6) is 0 Å². The van der Waals surface area contributed by atoms with Gasteiger partial charge in [0.05, 0.1) is 5.60 Å². The van der Waals surface area contributed by atoms with Gasteiger partial charge in [-0.3, -0.25) is 4.79 Å². The van der Waals surface area contributed by atoms with Gasteiger partial charge in [-0.2, -0.15) is 0 Å². The van der Waals surface area contributed by atoms with Crippen LogP contribution in [0.25, 0.3) is 0 Å². The minimum absolute atomic E-state index is 0.0131. The summed E-state index contributed by atoms with van der Waals surface area (Å²) in [5.74, 6) is 0.0255. The molecule has 0 aromatic heterocycles. The number of hydrogen-bond donors (Lipinski definition) is 2. The first-order valence-corrected chi connectivity index (χ1v) is 6.17. The summed E-state index contributed by atoms with van der Waals surface area (Å²) in [7, 11) is 0.